The van der Waals surface area contributed by atoms with Gasteiger partial charge < -0.3 is 10.2 Å². The number of carbonyl (C=O) groups excluding carboxylic acids is 2. The van der Waals surface area contributed by atoms with E-state index in [-0.39, 0.29) is 30.0 Å². The van der Waals surface area contributed by atoms with Crippen molar-refractivity contribution in [3.63, 3.8) is 0 Å². The van der Waals surface area contributed by atoms with Crippen molar-refractivity contribution < 1.29 is 14.0 Å². The predicted molar refractivity (Wildman–Crippen MR) is 94.9 cm³/mol. The van der Waals surface area contributed by atoms with E-state index in [0.29, 0.717) is 18.7 Å². The van der Waals surface area contributed by atoms with Crippen LogP contribution < -0.4 is 10.2 Å². The second-order valence-electron chi connectivity index (χ2n) is 6.29. The summed E-state index contributed by atoms with van der Waals surface area (Å²) < 4.78 is 13.6. The lowest BCUT2D eigenvalue weighted by Crippen LogP contribution is -2.30. The van der Waals surface area contributed by atoms with Crippen molar-refractivity contribution in [2.45, 2.75) is 25.7 Å². The Kier molecular flexibility index (Phi) is 5.12. The normalized spacial score (nSPS) is 15.8. The Balaban J connectivity index is 1.55. The number of fused-ring (bicyclic) bond motifs is 1. The highest BCUT2D eigenvalue weighted by Crippen LogP contribution is 2.37. The lowest BCUT2D eigenvalue weighted by atomic mass is 9.98. The van der Waals surface area contributed by atoms with Crippen molar-refractivity contribution in [1.29, 1.82) is 0 Å². The van der Waals surface area contributed by atoms with Crippen LogP contribution in [0.3, 0.4) is 0 Å². The lowest BCUT2D eigenvalue weighted by molar-refractivity contribution is -0.120. The number of nitrogens with one attached hydrogen (secondary N) is 1. The molecule has 5 heteroatoms. The van der Waals surface area contributed by atoms with E-state index in [4.69, 9.17) is 0 Å². The third-order valence-corrected chi connectivity index (χ3v) is 4.57. The van der Waals surface area contributed by atoms with Crippen molar-refractivity contribution in [1.82, 2.24) is 5.32 Å². The van der Waals surface area contributed by atoms with Crippen molar-refractivity contribution in [3.8, 4) is 0 Å². The molecule has 0 bridgehead atoms. The number of halogens is 1. The predicted octanol–water partition coefficient (Wildman–Crippen LogP) is 3.02. The lowest BCUT2D eigenvalue weighted by Gasteiger charge is -2.15. The molecule has 3 rings (SSSR count). The van der Waals surface area contributed by atoms with Gasteiger partial charge in [0.1, 0.15) is 5.82 Å². The fourth-order valence-corrected chi connectivity index (χ4v) is 3.30. The Morgan fingerprint density at radius 1 is 1.16 bits per heavy atom. The molecule has 0 fully saturated rings. The van der Waals surface area contributed by atoms with Crippen LogP contribution in [-0.4, -0.2) is 24.9 Å². The first-order valence-corrected chi connectivity index (χ1v) is 8.43. The Morgan fingerprint density at radius 3 is 2.64 bits per heavy atom. The zero-order chi connectivity index (χ0) is 17.8. The van der Waals surface area contributed by atoms with E-state index in [9.17, 15) is 14.0 Å². The molecule has 2 aromatic rings. The molecule has 0 saturated carbocycles. The molecule has 0 aliphatic carbocycles. The van der Waals surface area contributed by atoms with E-state index >= 15 is 0 Å². The number of hydrogen-bond donors (Lipinski definition) is 1. The molecule has 2 amide bonds. The highest BCUT2D eigenvalue weighted by molar-refractivity contribution is 5.94. The molecule has 130 valence electrons. The van der Waals surface area contributed by atoms with Crippen molar-refractivity contribution in [3.05, 3.63) is 65.5 Å². The minimum Gasteiger partial charge on any atom is -0.356 e. The number of carbonyl (C=O) groups is 2. The summed E-state index contributed by atoms with van der Waals surface area (Å²) in [5, 5.41) is 2.85. The molecular weight excluding hydrogens is 319 g/mol. The van der Waals surface area contributed by atoms with Crippen LogP contribution in [-0.2, 0) is 16.0 Å². The first-order valence-electron chi connectivity index (χ1n) is 8.43. The molecule has 1 N–H and O–H groups in total. The number of anilines is 1. The van der Waals surface area contributed by atoms with Crippen LogP contribution in [0, 0.1) is 5.82 Å². The minimum atomic E-state index is -0.362. The summed E-state index contributed by atoms with van der Waals surface area (Å²) in [6, 6.07) is 14.2. The third kappa shape index (κ3) is 3.87. The Hall–Kier alpha value is -2.69. The maximum atomic E-state index is 13.6. The topological polar surface area (TPSA) is 49.4 Å². The van der Waals surface area contributed by atoms with E-state index in [1.807, 2.05) is 24.3 Å². The molecular formula is C20H21FN2O2. The summed E-state index contributed by atoms with van der Waals surface area (Å²) in [6.07, 6.45) is 0.775. The highest BCUT2D eigenvalue weighted by Gasteiger charge is 2.30. The van der Waals surface area contributed by atoms with E-state index in [1.165, 1.54) is 6.07 Å². The van der Waals surface area contributed by atoms with E-state index in [2.05, 4.69) is 5.32 Å². The van der Waals surface area contributed by atoms with Crippen LogP contribution in [0.4, 0.5) is 10.1 Å². The fourth-order valence-electron chi connectivity index (χ4n) is 3.30. The minimum absolute atomic E-state index is 0.0264. The molecule has 1 heterocycles. The molecule has 1 atom stereocenters. The standard InChI is InChI=1S/C20H21FN2O2/c1-14(24)23-13-16(17-7-3-5-9-19(17)23)10-11-22-20(25)12-15-6-2-4-8-18(15)21/h2-9,16H,10-13H2,1H3,(H,22,25). The Labute approximate surface area is 146 Å². The van der Waals surface area contributed by atoms with E-state index in [0.717, 1.165) is 17.7 Å². The quantitative estimate of drug-likeness (QED) is 0.909. The average molecular weight is 340 g/mol. The summed E-state index contributed by atoms with van der Waals surface area (Å²) >= 11 is 0. The monoisotopic (exact) mass is 340 g/mol. The van der Waals surface area contributed by atoms with Gasteiger partial charge in [0.25, 0.3) is 0 Å². The SMILES string of the molecule is CC(=O)N1CC(CCNC(=O)Cc2ccccc2F)c2ccccc21. The smallest absolute Gasteiger partial charge is 0.224 e. The first kappa shape index (κ1) is 17.1. The van der Waals surface area contributed by atoms with Crippen LogP contribution in [0.1, 0.15) is 30.4 Å². The number of rotatable bonds is 5. The van der Waals surface area contributed by atoms with Crippen molar-refractivity contribution >= 4 is 17.5 Å². The third-order valence-electron chi connectivity index (χ3n) is 4.57. The van der Waals surface area contributed by atoms with Gasteiger partial charge in [-0.15, -0.1) is 0 Å². The summed E-state index contributed by atoms with van der Waals surface area (Å²) in [6.45, 7) is 2.70. The number of nitrogens with zero attached hydrogens (tertiary/aromatic N) is 1. The first-order chi connectivity index (χ1) is 12.1. The fraction of sp³-hybridized carbons (Fsp3) is 0.300. The molecule has 1 unspecified atom stereocenters. The van der Waals surface area contributed by atoms with Gasteiger partial charge in [0, 0.05) is 31.6 Å². The van der Waals surface area contributed by atoms with Crippen molar-refractivity contribution in [2.75, 3.05) is 18.0 Å². The summed E-state index contributed by atoms with van der Waals surface area (Å²) in [5.41, 5.74) is 2.49. The maximum Gasteiger partial charge on any atom is 0.224 e. The molecule has 0 saturated heterocycles. The van der Waals surface area contributed by atoms with Crippen LogP contribution in [0.2, 0.25) is 0 Å². The molecule has 4 nitrogen and oxygen atoms in total. The van der Waals surface area contributed by atoms with Gasteiger partial charge in [-0.2, -0.15) is 0 Å². The molecule has 25 heavy (non-hydrogen) atoms. The molecule has 1 aliphatic heterocycles. The van der Waals surface area contributed by atoms with E-state index < -0.39 is 0 Å². The van der Waals surface area contributed by atoms with Crippen LogP contribution in [0.25, 0.3) is 0 Å². The van der Waals surface area contributed by atoms with Gasteiger partial charge in [-0.1, -0.05) is 36.4 Å². The number of benzene rings is 2. The van der Waals surface area contributed by atoms with E-state index in [1.54, 1.807) is 30.0 Å². The second-order valence-corrected chi connectivity index (χ2v) is 6.29. The molecule has 0 radical (unpaired) electrons. The van der Waals surface area contributed by atoms with Gasteiger partial charge in [-0.05, 0) is 29.7 Å². The van der Waals surface area contributed by atoms with Gasteiger partial charge in [-0.3, -0.25) is 9.59 Å². The van der Waals surface area contributed by atoms with Gasteiger partial charge in [-0.25, -0.2) is 4.39 Å². The second kappa shape index (κ2) is 7.47. The molecule has 0 aromatic heterocycles. The summed E-state index contributed by atoms with van der Waals surface area (Å²) in [5.74, 6) is -0.327. The molecule has 2 aromatic carbocycles. The molecule has 0 spiro atoms. The molecule has 1 aliphatic rings. The Morgan fingerprint density at radius 2 is 1.88 bits per heavy atom. The van der Waals surface area contributed by atoms with Gasteiger partial charge in [0.2, 0.25) is 11.8 Å². The van der Waals surface area contributed by atoms with Gasteiger partial charge >= 0.3 is 0 Å². The number of amides is 2. The van der Waals surface area contributed by atoms with Gasteiger partial charge in [0.05, 0.1) is 6.42 Å². The number of hydrogen-bond acceptors (Lipinski definition) is 2. The Bertz CT molecular complexity index is 791. The van der Waals surface area contributed by atoms with Crippen molar-refractivity contribution in [2.24, 2.45) is 0 Å². The van der Waals surface area contributed by atoms with Crippen LogP contribution >= 0.6 is 0 Å². The largest absolute Gasteiger partial charge is 0.356 e. The zero-order valence-electron chi connectivity index (χ0n) is 14.2. The van der Waals surface area contributed by atoms with Crippen LogP contribution in [0.5, 0.6) is 0 Å². The average Bonchev–Trinajstić information content (AvgIpc) is 2.96. The van der Waals surface area contributed by atoms with Crippen LogP contribution in [0.15, 0.2) is 48.5 Å². The van der Waals surface area contributed by atoms with Gasteiger partial charge in [0.15, 0.2) is 0 Å². The highest BCUT2D eigenvalue weighted by atomic mass is 19.1. The number of para-hydroxylation sites is 1. The zero-order valence-corrected chi connectivity index (χ0v) is 14.2. The maximum absolute atomic E-state index is 13.6. The summed E-state index contributed by atoms with van der Waals surface area (Å²) in [4.78, 5) is 25.6. The summed E-state index contributed by atoms with van der Waals surface area (Å²) in [7, 11) is 0.